The van der Waals surface area contributed by atoms with Crippen molar-refractivity contribution in [1.82, 2.24) is 14.5 Å². The molecule has 0 unspecified atom stereocenters. The predicted molar refractivity (Wildman–Crippen MR) is 126 cm³/mol. The van der Waals surface area contributed by atoms with Gasteiger partial charge in [0.05, 0.1) is 36.8 Å². The first-order chi connectivity index (χ1) is 16.4. The molecule has 7 nitrogen and oxygen atoms in total. The number of halogens is 1. The summed E-state index contributed by atoms with van der Waals surface area (Å²) in [4.78, 5) is 19.1. The maximum Gasteiger partial charge on any atom is 0.228 e. The highest BCUT2D eigenvalue weighted by Gasteiger charge is 2.31. The Labute approximate surface area is 200 Å². The Morgan fingerprint density at radius 1 is 1.24 bits per heavy atom. The van der Waals surface area contributed by atoms with Crippen molar-refractivity contribution >= 4 is 15.7 Å². The van der Waals surface area contributed by atoms with E-state index in [9.17, 15) is 17.6 Å². The van der Waals surface area contributed by atoms with Crippen LogP contribution in [-0.4, -0.2) is 48.0 Å². The number of rotatable bonds is 10. The van der Waals surface area contributed by atoms with Gasteiger partial charge in [0.2, 0.25) is 20.9 Å². The van der Waals surface area contributed by atoms with Crippen LogP contribution in [0.1, 0.15) is 49.8 Å². The van der Waals surface area contributed by atoms with E-state index in [2.05, 4.69) is 11.6 Å². The van der Waals surface area contributed by atoms with Crippen molar-refractivity contribution in [2.24, 2.45) is 5.92 Å². The molecule has 4 rings (SSSR count). The van der Waals surface area contributed by atoms with E-state index >= 15 is 0 Å². The summed E-state index contributed by atoms with van der Waals surface area (Å²) in [7, 11) is -3.94. The van der Waals surface area contributed by atoms with E-state index in [1.54, 1.807) is 21.6 Å². The van der Waals surface area contributed by atoms with Crippen LogP contribution in [0, 0.1) is 11.7 Å². The Kier molecular flexibility index (Phi) is 7.83. The molecule has 34 heavy (non-hydrogen) atoms. The molecule has 2 fully saturated rings. The van der Waals surface area contributed by atoms with E-state index in [0.717, 1.165) is 38.5 Å². The van der Waals surface area contributed by atoms with Crippen LogP contribution < -0.4 is 0 Å². The molecule has 1 aromatic heterocycles. The number of ether oxygens (including phenoxy) is 1. The van der Waals surface area contributed by atoms with E-state index in [-0.39, 0.29) is 35.2 Å². The number of carbonyl (C=O) groups is 1. The van der Waals surface area contributed by atoms with Gasteiger partial charge in [-0.2, -0.15) is 0 Å². The summed E-state index contributed by atoms with van der Waals surface area (Å²) >= 11 is 0. The minimum absolute atomic E-state index is 0.00116. The zero-order valence-electron chi connectivity index (χ0n) is 19.4. The van der Waals surface area contributed by atoms with E-state index in [1.165, 1.54) is 24.4 Å². The SMILES string of the molecule is C=CCN(Cc1cnc(S(=O)(=O)Cc2ccccc2F)n1C[C@H]1CCCO1)C(=O)C1CCCC1. The highest BCUT2D eigenvalue weighted by Crippen LogP contribution is 2.28. The number of amides is 1. The summed E-state index contributed by atoms with van der Waals surface area (Å²) in [6.45, 7) is 5.35. The van der Waals surface area contributed by atoms with Gasteiger partial charge in [-0.05, 0) is 31.7 Å². The lowest BCUT2D eigenvalue weighted by atomic mass is 10.1. The molecule has 1 saturated heterocycles. The molecule has 1 amide bonds. The van der Waals surface area contributed by atoms with Crippen molar-refractivity contribution in [3.05, 3.63) is 60.2 Å². The third kappa shape index (κ3) is 5.58. The molecule has 184 valence electrons. The lowest BCUT2D eigenvalue weighted by molar-refractivity contribution is -0.135. The Morgan fingerprint density at radius 2 is 2.00 bits per heavy atom. The molecule has 0 bridgehead atoms. The summed E-state index contributed by atoms with van der Waals surface area (Å²) in [6, 6.07) is 5.85. The van der Waals surface area contributed by atoms with E-state index in [1.807, 2.05) is 0 Å². The monoisotopic (exact) mass is 489 g/mol. The van der Waals surface area contributed by atoms with Gasteiger partial charge in [0.25, 0.3) is 0 Å². The first-order valence-electron chi connectivity index (χ1n) is 11.9. The smallest absolute Gasteiger partial charge is 0.228 e. The van der Waals surface area contributed by atoms with Crippen molar-refractivity contribution in [2.75, 3.05) is 13.2 Å². The summed E-state index contributed by atoms with van der Waals surface area (Å²) in [6.07, 6.45) is 8.66. The number of aromatic nitrogens is 2. The zero-order chi connectivity index (χ0) is 24.1. The third-order valence-electron chi connectivity index (χ3n) is 6.61. The second-order valence-electron chi connectivity index (χ2n) is 9.12. The lowest BCUT2D eigenvalue weighted by Crippen LogP contribution is -2.36. The number of imidazole rings is 1. The number of carbonyl (C=O) groups excluding carboxylic acids is 1. The normalized spacial score (nSPS) is 18.9. The minimum atomic E-state index is -3.94. The van der Waals surface area contributed by atoms with E-state index in [4.69, 9.17) is 4.74 Å². The predicted octanol–water partition coefficient (Wildman–Crippen LogP) is 3.88. The fourth-order valence-electron chi connectivity index (χ4n) is 4.85. The molecule has 2 aliphatic rings. The van der Waals surface area contributed by atoms with Gasteiger partial charge in [0, 0.05) is 24.6 Å². The largest absolute Gasteiger partial charge is 0.376 e. The molecule has 9 heteroatoms. The van der Waals surface area contributed by atoms with Gasteiger partial charge < -0.3 is 14.2 Å². The molecule has 1 atom stereocenters. The average molecular weight is 490 g/mol. The van der Waals surface area contributed by atoms with Gasteiger partial charge in [-0.25, -0.2) is 17.8 Å². The maximum atomic E-state index is 14.2. The minimum Gasteiger partial charge on any atom is -0.376 e. The van der Waals surface area contributed by atoms with Gasteiger partial charge >= 0.3 is 0 Å². The van der Waals surface area contributed by atoms with Crippen molar-refractivity contribution in [3.63, 3.8) is 0 Å². The Bertz CT molecular complexity index is 1120. The highest BCUT2D eigenvalue weighted by atomic mass is 32.2. The van der Waals surface area contributed by atoms with Gasteiger partial charge in [-0.15, -0.1) is 6.58 Å². The van der Waals surface area contributed by atoms with Gasteiger partial charge in [0.15, 0.2) is 0 Å². The van der Waals surface area contributed by atoms with Crippen molar-refractivity contribution in [2.45, 2.75) is 68.6 Å². The zero-order valence-corrected chi connectivity index (χ0v) is 20.2. The molecular formula is C25H32FN3O4S. The second-order valence-corrected chi connectivity index (χ2v) is 11.0. The van der Waals surface area contributed by atoms with Crippen LogP contribution in [0.2, 0.25) is 0 Å². The first-order valence-corrected chi connectivity index (χ1v) is 13.6. The fraction of sp³-hybridized carbons (Fsp3) is 0.520. The average Bonchev–Trinajstić information content (AvgIpc) is 3.58. The van der Waals surface area contributed by atoms with Crippen molar-refractivity contribution in [3.8, 4) is 0 Å². The summed E-state index contributed by atoms with van der Waals surface area (Å²) < 4.78 is 48.3. The number of sulfone groups is 1. The van der Waals surface area contributed by atoms with E-state index < -0.39 is 21.4 Å². The summed E-state index contributed by atoms with van der Waals surface area (Å²) in [5.41, 5.74) is 0.719. The number of hydrogen-bond acceptors (Lipinski definition) is 5. The van der Waals surface area contributed by atoms with Crippen LogP contribution in [0.5, 0.6) is 0 Å². The molecule has 1 aliphatic carbocycles. The molecule has 0 radical (unpaired) electrons. The fourth-order valence-corrected chi connectivity index (χ4v) is 6.37. The molecule has 0 spiro atoms. The Morgan fingerprint density at radius 3 is 2.68 bits per heavy atom. The highest BCUT2D eigenvalue weighted by molar-refractivity contribution is 7.90. The summed E-state index contributed by atoms with van der Waals surface area (Å²) in [5.74, 6) is -0.987. The molecule has 1 aromatic carbocycles. The number of nitrogens with zero attached hydrogens (tertiary/aromatic N) is 3. The van der Waals surface area contributed by atoms with E-state index in [0.29, 0.717) is 25.4 Å². The maximum absolute atomic E-state index is 14.2. The van der Waals surface area contributed by atoms with Crippen LogP contribution in [0.25, 0.3) is 0 Å². The number of hydrogen-bond donors (Lipinski definition) is 0. The molecule has 2 aromatic rings. The molecule has 1 saturated carbocycles. The lowest BCUT2D eigenvalue weighted by Gasteiger charge is -2.25. The second kappa shape index (κ2) is 10.8. The quantitative estimate of drug-likeness (QED) is 0.473. The topological polar surface area (TPSA) is 81.5 Å². The van der Waals surface area contributed by atoms with Crippen molar-refractivity contribution in [1.29, 1.82) is 0 Å². The van der Waals surface area contributed by atoms with Gasteiger partial charge in [0.1, 0.15) is 5.82 Å². The standard InChI is InChI=1S/C25H32FN3O4S/c1-2-13-28(24(30)19-8-3-4-9-19)16-21-15-27-25(29(21)17-22-11-7-14-33-22)34(31,32)18-20-10-5-6-12-23(20)26/h2,5-6,10,12,15,19,22H,1,3-4,7-9,11,13-14,16-18H2/t22-/m1/s1. The van der Waals surface area contributed by atoms with Gasteiger partial charge in [-0.3, -0.25) is 4.79 Å². The van der Waals surface area contributed by atoms with Gasteiger partial charge in [-0.1, -0.05) is 37.1 Å². The number of benzene rings is 1. The van der Waals surface area contributed by atoms with Crippen molar-refractivity contribution < 1.29 is 22.3 Å². The first kappa shape index (κ1) is 24.6. The molecule has 1 aliphatic heterocycles. The Balaban J connectivity index is 1.64. The third-order valence-corrected chi connectivity index (χ3v) is 8.18. The van der Waals surface area contributed by atoms with Crippen LogP contribution in [0.15, 0.2) is 48.3 Å². The Hall–Kier alpha value is -2.52. The molecular weight excluding hydrogens is 457 g/mol. The molecule has 2 heterocycles. The summed E-state index contributed by atoms with van der Waals surface area (Å²) in [5, 5.41) is -0.117. The van der Waals surface area contributed by atoms with Crippen LogP contribution >= 0.6 is 0 Å². The molecule has 0 N–H and O–H groups in total. The van der Waals surface area contributed by atoms with Crippen LogP contribution in [0.3, 0.4) is 0 Å². The van der Waals surface area contributed by atoms with Crippen LogP contribution in [-0.2, 0) is 38.2 Å². The van der Waals surface area contributed by atoms with Crippen LogP contribution in [0.4, 0.5) is 4.39 Å².